The smallest absolute Gasteiger partial charge is 0.302 e. The van der Waals surface area contributed by atoms with Crippen molar-refractivity contribution < 1.29 is 19.0 Å². The number of alkyl halides is 1. The third-order valence-corrected chi connectivity index (χ3v) is 2.84. The minimum Gasteiger partial charge on any atom is -0.463 e. The quantitative estimate of drug-likeness (QED) is 0.233. The van der Waals surface area contributed by atoms with Crippen molar-refractivity contribution in [1.29, 1.82) is 0 Å². The van der Waals surface area contributed by atoms with Gasteiger partial charge in [-0.05, 0) is 17.3 Å². The second-order valence-corrected chi connectivity index (χ2v) is 4.75. The highest BCUT2D eigenvalue weighted by atomic mass is 127. The van der Waals surface area contributed by atoms with Gasteiger partial charge in [0.05, 0.1) is 19.8 Å². The van der Waals surface area contributed by atoms with E-state index < -0.39 is 0 Å². The molecule has 0 bridgehead atoms. The standard InChI is InChI=1S/C12H23IO4/c1-12(14)17-11-10-16-9-8-15-7-5-3-2-4-6-13/h2-11H2,1H3. The summed E-state index contributed by atoms with van der Waals surface area (Å²) in [7, 11) is 0. The van der Waals surface area contributed by atoms with Gasteiger partial charge in [0.25, 0.3) is 0 Å². The molecule has 0 fully saturated rings. The monoisotopic (exact) mass is 358 g/mol. The van der Waals surface area contributed by atoms with Crippen molar-refractivity contribution >= 4 is 28.6 Å². The Kier molecular flexibility index (Phi) is 14.3. The molecule has 4 nitrogen and oxygen atoms in total. The Hall–Kier alpha value is 0.120. The molecular weight excluding hydrogens is 335 g/mol. The van der Waals surface area contributed by atoms with E-state index in [9.17, 15) is 4.79 Å². The molecule has 0 heterocycles. The average Bonchev–Trinajstić information content (AvgIpc) is 2.30. The van der Waals surface area contributed by atoms with Gasteiger partial charge in [-0.25, -0.2) is 0 Å². The molecule has 5 heteroatoms. The molecule has 0 atom stereocenters. The molecule has 0 rings (SSSR count). The maximum atomic E-state index is 10.4. The van der Waals surface area contributed by atoms with Crippen LogP contribution in [0.25, 0.3) is 0 Å². The van der Waals surface area contributed by atoms with Crippen molar-refractivity contribution in [2.24, 2.45) is 0 Å². The van der Waals surface area contributed by atoms with Gasteiger partial charge >= 0.3 is 5.97 Å². The summed E-state index contributed by atoms with van der Waals surface area (Å²) in [6.45, 7) is 4.15. The van der Waals surface area contributed by atoms with Crippen molar-refractivity contribution in [3.8, 4) is 0 Å². The van der Waals surface area contributed by atoms with Crippen molar-refractivity contribution in [3.05, 3.63) is 0 Å². The van der Waals surface area contributed by atoms with Gasteiger partial charge in [0.15, 0.2) is 0 Å². The van der Waals surface area contributed by atoms with Gasteiger partial charge in [0.2, 0.25) is 0 Å². The number of carbonyl (C=O) groups is 1. The summed E-state index contributed by atoms with van der Waals surface area (Å²) in [4.78, 5) is 10.4. The van der Waals surface area contributed by atoms with E-state index in [0.29, 0.717) is 26.4 Å². The molecule has 0 radical (unpaired) electrons. The molecule has 0 aromatic carbocycles. The average molecular weight is 358 g/mol. The van der Waals surface area contributed by atoms with Crippen LogP contribution >= 0.6 is 22.6 Å². The number of unbranched alkanes of at least 4 members (excludes halogenated alkanes) is 3. The predicted molar refractivity (Wildman–Crippen MR) is 75.6 cm³/mol. The predicted octanol–water partition coefficient (Wildman–Crippen LogP) is 2.58. The van der Waals surface area contributed by atoms with Crippen molar-refractivity contribution in [2.75, 3.05) is 37.5 Å². The molecule has 0 aliphatic carbocycles. The number of carbonyl (C=O) groups excluding carboxylic acids is 1. The second kappa shape index (κ2) is 14.2. The summed E-state index contributed by atoms with van der Waals surface area (Å²) in [5.41, 5.74) is 0. The summed E-state index contributed by atoms with van der Waals surface area (Å²) < 4.78 is 16.6. The van der Waals surface area contributed by atoms with Crippen LogP contribution in [0.5, 0.6) is 0 Å². The zero-order valence-corrected chi connectivity index (χ0v) is 12.7. The van der Waals surface area contributed by atoms with Gasteiger partial charge in [-0.2, -0.15) is 0 Å². The SMILES string of the molecule is CC(=O)OCCOCCOCCCCCCI. The van der Waals surface area contributed by atoms with Gasteiger partial charge in [0, 0.05) is 13.5 Å². The zero-order chi connectivity index (χ0) is 12.8. The lowest BCUT2D eigenvalue weighted by Crippen LogP contribution is -2.11. The Morgan fingerprint density at radius 3 is 2.12 bits per heavy atom. The number of rotatable bonds is 12. The van der Waals surface area contributed by atoms with E-state index in [4.69, 9.17) is 14.2 Å². The Balaban J connectivity index is 2.91. The molecular formula is C12H23IO4. The topological polar surface area (TPSA) is 44.8 Å². The lowest BCUT2D eigenvalue weighted by Gasteiger charge is -2.05. The van der Waals surface area contributed by atoms with E-state index >= 15 is 0 Å². The van der Waals surface area contributed by atoms with Crippen LogP contribution in [-0.4, -0.2) is 43.4 Å². The number of ether oxygens (including phenoxy) is 3. The van der Waals surface area contributed by atoms with Crippen LogP contribution in [0.15, 0.2) is 0 Å². The van der Waals surface area contributed by atoms with E-state index in [1.165, 1.54) is 30.6 Å². The van der Waals surface area contributed by atoms with E-state index in [2.05, 4.69) is 22.6 Å². The summed E-state index contributed by atoms with van der Waals surface area (Å²) in [6.07, 6.45) is 4.98. The molecule has 0 spiro atoms. The first-order valence-electron chi connectivity index (χ1n) is 6.12. The first kappa shape index (κ1) is 17.1. The summed E-state index contributed by atoms with van der Waals surface area (Å²) in [5.74, 6) is -0.267. The van der Waals surface area contributed by atoms with Crippen LogP contribution in [0.2, 0.25) is 0 Å². The largest absolute Gasteiger partial charge is 0.463 e. The number of esters is 1. The van der Waals surface area contributed by atoms with Crippen LogP contribution in [-0.2, 0) is 19.0 Å². The Morgan fingerprint density at radius 2 is 1.47 bits per heavy atom. The normalized spacial score (nSPS) is 10.5. The van der Waals surface area contributed by atoms with E-state index in [1.54, 1.807) is 0 Å². The van der Waals surface area contributed by atoms with Gasteiger partial charge in [-0.1, -0.05) is 35.4 Å². The third kappa shape index (κ3) is 16.1. The fraction of sp³-hybridized carbons (Fsp3) is 0.917. The number of hydrogen-bond acceptors (Lipinski definition) is 4. The molecule has 17 heavy (non-hydrogen) atoms. The fourth-order valence-corrected chi connectivity index (χ4v) is 1.76. The van der Waals surface area contributed by atoms with Crippen LogP contribution in [0.1, 0.15) is 32.6 Å². The molecule has 0 aliphatic heterocycles. The van der Waals surface area contributed by atoms with Gasteiger partial charge in [-0.15, -0.1) is 0 Å². The van der Waals surface area contributed by atoms with Crippen LogP contribution in [0.4, 0.5) is 0 Å². The minimum absolute atomic E-state index is 0.267. The number of hydrogen-bond donors (Lipinski definition) is 0. The molecule has 0 aromatic heterocycles. The van der Waals surface area contributed by atoms with E-state index in [-0.39, 0.29) is 5.97 Å². The minimum atomic E-state index is -0.267. The van der Waals surface area contributed by atoms with E-state index in [0.717, 1.165) is 13.0 Å². The second-order valence-electron chi connectivity index (χ2n) is 3.67. The molecule has 0 saturated carbocycles. The summed E-state index contributed by atoms with van der Waals surface area (Å²) >= 11 is 2.40. The highest BCUT2D eigenvalue weighted by molar-refractivity contribution is 14.1. The zero-order valence-electron chi connectivity index (χ0n) is 10.6. The first-order chi connectivity index (χ1) is 8.27. The lowest BCUT2D eigenvalue weighted by molar-refractivity contribution is -0.142. The van der Waals surface area contributed by atoms with Crippen LogP contribution in [0, 0.1) is 0 Å². The van der Waals surface area contributed by atoms with Gasteiger partial charge in [0.1, 0.15) is 6.61 Å². The fourth-order valence-electron chi connectivity index (χ4n) is 1.22. The van der Waals surface area contributed by atoms with E-state index in [1.807, 2.05) is 0 Å². The van der Waals surface area contributed by atoms with Crippen molar-refractivity contribution in [2.45, 2.75) is 32.6 Å². The Bertz CT molecular complexity index is 176. The number of halogens is 1. The molecule has 0 aliphatic rings. The molecule has 0 N–H and O–H groups in total. The third-order valence-electron chi connectivity index (χ3n) is 2.08. The maximum Gasteiger partial charge on any atom is 0.302 e. The summed E-state index contributed by atoms with van der Waals surface area (Å²) in [6, 6.07) is 0. The van der Waals surface area contributed by atoms with Crippen molar-refractivity contribution in [3.63, 3.8) is 0 Å². The highest BCUT2D eigenvalue weighted by Gasteiger charge is 1.94. The van der Waals surface area contributed by atoms with Gasteiger partial charge < -0.3 is 14.2 Å². The molecule has 0 saturated heterocycles. The summed E-state index contributed by atoms with van der Waals surface area (Å²) in [5, 5.41) is 0. The maximum absolute atomic E-state index is 10.4. The van der Waals surface area contributed by atoms with Crippen molar-refractivity contribution in [1.82, 2.24) is 0 Å². The van der Waals surface area contributed by atoms with Crippen LogP contribution in [0.3, 0.4) is 0 Å². The first-order valence-corrected chi connectivity index (χ1v) is 7.64. The molecule has 0 amide bonds. The lowest BCUT2D eigenvalue weighted by atomic mass is 10.2. The molecule has 0 aromatic rings. The molecule has 102 valence electrons. The highest BCUT2D eigenvalue weighted by Crippen LogP contribution is 2.02. The van der Waals surface area contributed by atoms with Crippen LogP contribution < -0.4 is 0 Å². The molecule has 0 unspecified atom stereocenters. The Labute approximate surface area is 118 Å². The van der Waals surface area contributed by atoms with Gasteiger partial charge in [-0.3, -0.25) is 4.79 Å². The Morgan fingerprint density at radius 1 is 0.882 bits per heavy atom.